The summed E-state index contributed by atoms with van der Waals surface area (Å²) >= 11 is 0. The first-order chi connectivity index (χ1) is 20.6. The summed E-state index contributed by atoms with van der Waals surface area (Å²) in [6.07, 6.45) is -4.40. The second-order valence-electron chi connectivity index (χ2n) is 12.3. The number of methoxy groups -OCH3 is 1. The number of likely N-dealkylation sites (tertiary alicyclic amines) is 1. The van der Waals surface area contributed by atoms with Crippen LogP contribution >= 0.6 is 0 Å². The largest absolute Gasteiger partial charge is 0.497 e. The fraction of sp³-hybridized carbons (Fsp3) is 0.500. The van der Waals surface area contributed by atoms with E-state index in [-0.39, 0.29) is 18.9 Å². The second-order valence-corrected chi connectivity index (χ2v) is 12.3. The van der Waals surface area contributed by atoms with Crippen LogP contribution in [0.5, 0.6) is 5.75 Å². The topological polar surface area (TPSA) is 49.8 Å². The number of carboxylic acids is 1. The first kappa shape index (κ1) is 33.6. The van der Waals surface area contributed by atoms with Crippen LogP contribution in [0.15, 0.2) is 66.3 Å². The van der Waals surface area contributed by atoms with Gasteiger partial charge in [-0.05, 0) is 71.9 Å². The molecule has 1 aliphatic heterocycles. The molecule has 2 aromatic carbocycles. The molecule has 1 N–H and O–H groups in total. The normalized spacial score (nSPS) is 23.8. The summed E-state index contributed by atoms with van der Waals surface area (Å²) in [5, 5.41) is 10.2. The van der Waals surface area contributed by atoms with E-state index < -0.39 is 53.7 Å². The lowest BCUT2D eigenvalue weighted by molar-refractivity contribution is -0.201. The maximum absolute atomic E-state index is 14.5. The molecule has 0 spiro atoms. The molecule has 44 heavy (non-hydrogen) atoms. The van der Waals surface area contributed by atoms with Gasteiger partial charge in [-0.3, -0.25) is 9.69 Å². The Bertz CT molecular complexity index is 1360. The van der Waals surface area contributed by atoms with E-state index in [9.17, 15) is 36.2 Å². The summed E-state index contributed by atoms with van der Waals surface area (Å²) in [4.78, 5) is 13.9. The first-order valence-electron chi connectivity index (χ1n) is 14.9. The number of carboxylic acid groups (broad SMARTS) is 1. The van der Waals surface area contributed by atoms with Crippen molar-refractivity contribution < 1.29 is 41.0 Å². The minimum Gasteiger partial charge on any atom is -0.497 e. The number of rotatable bonds is 9. The van der Waals surface area contributed by atoms with Gasteiger partial charge in [0.2, 0.25) is 0 Å². The summed E-state index contributed by atoms with van der Waals surface area (Å²) in [6.45, 7) is 5.44. The lowest BCUT2D eigenvalue weighted by Gasteiger charge is -2.43. The van der Waals surface area contributed by atoms with Gasteiger partial charge in [-0.1, -0.05) is 69.3 Å². The van der Waals surface area contributed by atoms with Crippen molar-refractivity contribution in [3.05, 3.63) is 88.5 Å². The van der Waals surface area contributed by atoms with Crippen LogP contribution in [0, 0.1) is 11.8 Å². The van der Waals surface area contributed by atoms with Crippen molar-refractivity contribution in [2.45, 2.75) is 89.3 Å². The fourth-order valence-electron chi connectivity index (χ4n) is 6.49. The highest BCUT2D eigenvalue weighted by Gasteiger charge is 2.48. The number of piperidine rings is 1. The minimum atomic E-state index is -4.51. The first-order valence-corrected chi connectivity index (χ1v) is 14.9. The quantitative estimate of drug-likeness (QED) is 0.283. The predicted molar refractivity (Wildman–Crippen MR) is 156 cm³/mol. The molecule has 1 saturated heterocycles. The van der Waals surface area contributed by atoms with Gasteiger partial charge in [0.1, 0.15) is 11.8 Å². The van der Waals surface area contributed by atoms with Crippen LogP contribution < -0.4 is 4.74 Å². The maximum Gasteiger partial charge on any atom is 0.416 e. The number of hydrogen-bond acceptors (Lipinski definition) is 3. The summed E-state index contributed by atoms with van der Waals surface area (Å²) in [5.41, 5.74) is 1.49. The smallest absolute Gasteiger partial charge is 0.416 e. The van der Waals surface area contributed by atoms with Crippen LogP contribution in [0.4, 0.5) is 26.3 Å². The summed E-state index contributed by atoms with van der Waals surface area (Å²) in [5.74, 6) is -2.46. The average molecular weight is 624 g/mol. The van der Waals surface area contributed by atoms with Gasteiger partial charge in [-0.25, -0.2) is 0 Å². The van der Waals surface area contributed by atoms with Crippen molar-refractivity contribution in [3.63, 3.8) is 0 Å². The molecule has 0 bridgehead atoms. The predicted octanol–water partition coefficient (Wildman–Crippen LogP) is 9.35. The molecule has 1 aliphatic carbocycles. The molecular formula is C34H39F6NO3. The molecule has 2 aromatic rings. The van der Waals surface area contributed by atoms with Crippen LogP contribution in [-0.4, -0.2) is 41.5 Å². The number of hydrogen-bond donors (Lipinski definition) is 1. The Morgan fingerprint density at radius 1 is 1.02 bits per heavy atom. The van der Waals surface area contributed by atoms with Crippen LogP contribution in [0.3, 0.4) is 0 Å². The van der Waals surface area contributed by atoms with Crippen molar-refractivity contribution in [2.75, 3.05) is 7.11 Å². The van der Waals surface area contributed by atoms with Crippen LogP contribution in [0.2, 0.25) is 0 Å². The van der Waals surface area contributed by atoms with Crippen molar-refractivity contribution in [3.8, 4) is 5.75 Å². The van der Waals surface area contributed by atoms with Crippen LogP contribution in [-0.2, 0) is 11.3 Å². The van der Waals surface area contributed by atoms with Gasteiger partial charge in [0.25, 0.3) is 0 Å². The van der Waals surface area contributed by atoms with E-state index in [4.69, 9.17) is 4.74 Å². The highest BCUT2D eigenvalue weighted by atomic mass is 19.4. The van der Waals surface area contributed by atoms with Crippen molar-refractivity contribution in [1.29, 1.82) is 0 Å². The van der Waals surface area contributed by atoms with Gasteiger partial charge in [-0.2, -0.15) is 26.3 Å². The maximum atomic E-state index is 14.5. The summed E-state index contributed by atoms with van der Waals surface area (Å²) in [6, 6.07) is 9.60. The third-order valence-corrected chi connectivity index (χ3v) is 8.65. The zero-order valence-electron chi connectivity index (χ0n) is 25.3. The lowest BCUT2D eigenvalue weighted by atomic mass is 9.78. The fourth-order valence-corrected chi connectivity index (χ4v) is 6.49. The summed E-state index contributed by atoms with van der Waals surface area (Å²) in [7, 11) is 1.51. The van der Waals surface area contributed by atoms with Gasteiger partial charge in [0.05, 0.1) is 18.6 Å². The number of ether oxygens (including phenoxy) is 1. The molecule has 0 saturated carbocycles. The van der Waals surface area contributed by atoms with Gasteiger partial charge in [-0.15, -0.1) is 0 Å². The van der Waals surface area contributed by atoms with Crippen molar-refractivity contribution in [2.24, 2.45) is 11.8 Å². The SMILES string of the molecule is COc1ccc(CN2C(c3cc(C(CC(C)C)C(=O)O)cc(C4C=CC(C(F)(F)F)=CC4C)c3)CCCC2C(F)(F)F)cc1. The molecule has 0 radical (unpaired) electrons. The number of halogens is 6. The number of aliphatic carboxylic acids is 1. The molecule has 4 nitrogen and oxygen atoms in total. The molecule has 0 amide bonds. The Balaban J connectivity index is 1.83. The van der Waals surface area contributed by atoms with E-state index in [0.29, 0.717) is 47.3 Å². The van der Waals surface area contributed by atoms with E-state index >= 15 is 0 Å². The van der Waals surface area contributed by atoms with E-state index in [2.05, 4.69) is 0 Å². The second kappa shape index (κ2) is 13.4. The zero-order valence-corrected chi connectivity index (χ0v) is 25.3. The van der Waals surface area contributed by atoms with Crippen LogP contribution in [0.1, 0.15) is 86.6 Å². The molecule has 10 heteroatoms. The van der Waals surface area contributed by atoms with E-state index in [1.54, 1.807) is 49.4 Å². The van der Waals surface area contributed by atoms with Gasteiger partial charge >= 0.3 is 18.3 Å². The number of carbonyl (C=O) groups is 1. The van der Waals surface area contributed by atoms with Crippen LogP contribution in [0.25, 0.3) is 0 Å². The Morgan fingerprint density at radius 3 is 2.23 bits per heavy atom. The van der Waals surface area contributed by atoms with Crippen molar-refractivity contribution >= 4 is 5.97 Å². The average Bonchev–Trinajstić information content (AvgIpc) is 2.94. The summed E-state index contributed by atoms with van der Waals surface area (Å²) < 4.78 is 88.9. The van der Waals surface area contributed by atoms with Gasteiger partial charge < -0.3 is 9.84 Å². The standard InChI is InChI=1S/C34H39F6NO3/c1-20(2)14-29(32(42)43)24-16-23(28-13-10-26(15-21(28)3)33(35,36)37)17-25(18-24)30-6-5-7-31(34(38,39)40)41(30)19-22-8-11-27(44-4)12-9-22/h8-13,15-18,20-21,28-31H,5-7,14,19H2,1-4H3,(H,42,43). The van der Waals surface area contributed by atoms with E-state index in [1.165, 1.54) is 18.1 Å². The number of benzene rings is 2. The molecule has 5 unspecified atom stereocenters. The molecule has 1 fully saturated rings. The third kappa shape index (κ3) is 7.86. The van der Waals surface area contributed by atoms with Gasteiger partial charge in [0, 0.05) is 18.5 Å². The van der Waals surface area contributed by atoms with Crippen molar-refractivity contribution in [1.82, 2.24) is 4.90 Å². The van der Waals surface area contributed by atoms with E-state index in [0.717, 1.165) is 12.2 Å². The highest BCUT2D eigenvalue weighted by Crippen LogP contribution is 2.45. The number of allylic oxidation sites excluding steroid dienone is 4. The Hall–Kier alpha value is -3.27. The molecule has 0 aromatic heterocycles. The third-order valence-electron chi connectivity index (χ3n) is 8.65. The lowest BCUT2D eigenvalue weighted by Crippen LogP contribution is -2.49. The molecule has 1 heterocycles. The Kier molecular flexibility index (Phi) is 10.2. The monoisotopic (exact) mass is 623 g/mol. The minimum absolute atomic E-state index is 0.00413. The zero-order chi connectivity index (χ0) is 32.4. The van der Waals surface area contributed by atoms with E-state index in [1.807, 2.05) is 13.8 Å². The van der Waals surface area contributed by atoms with Gasteiger partial charge in [0.15, 0.2) is 0 Å². The molecular weight excluding hydrogens is 584 g/mol. The molecule has 4 rings (SSSR count). The Labute approximate surface area is 254 Å². The number of nitrogens with zero attached hydrogens (tertiary/aromatic N) is 1. The molecule has 2 aliphatic rings. The Morgan fingerprint density at radius 2 is 1.68 bits per heavy atom. The highest BCUT2D eigenvalue weighted by molar-refractivity contribution is 5.76. The molecule has 5 atom stereocenters. The molecule has 240 valence electrons. The number of alkyl halides is 6.